The van der Waals surface area contributed by atoms with Crippen LogP contribution in [0.25, 0.3) is 0 Å². The molecular formula is C9H20O5S2. The molecule has 7 heteroatoms. The molecule has 0 heterocycles. The number of hydrogen-bond donors (Lipinski definition) is 0. The Morgan fingerprint density at radius 2 is 1.19 bits per heavy atom. The molecular weight excluding hydrogens is 252 g/mol. The first-order valence-electron chi connectivity index (χ1n) is 4.11. The van der Waals surface area contributed by atoms with Crippen LogP contribution in [0.2, 0.25) is 0 Å². The second-order valence-electron chi connectivity index (χ2n) is 2.10. The van der Waals surface area contributed by atoms with E-state index in [9.17, 15) is 16.8 Å². The summed E-state index contributed by atoms with van der Waals surface area (Å²) in [7, 11) is -8.46. The fraction of sp³-hybridized carbons (Fsp3) is 0.556. The van der Waals surface area contributed by atoms with Gasteiger partial charge in [0.15, 0.2) is 0 Å². The molecule has 0 aliphatic rings. The molecule has 0 unspecified atom stereocenters. The summed E-state index contributed by atoms with van der Waals surface area (Å²) in [5, 5.41) is 0.730. The molecule has 0 aromatic rings. The van der Waals surface area contributed by atoms with Crippen molar-refractivity contribution in [2.75, 3.05) is 13.2 Å². The largest absolute Gasteiger partial charge is 0.382 e. The maximum atomic E-state index is 10.5. The van der Waals surface area contributed by atoms with Crippen molar-refractivity contribution in [1.29, 1.82) is 0 Å². The first-order chi connectivity index (χ1) is 6.79. The minimum Gasteiger partial charge on any atom is -0.382 e. The fourth-order valence-electron chi connectivity index (χ4n) is 0.394. The van der Waals surface area contributed by atoms with Crippen molar-refractivity contribution in [2.45, 2.75) is 21.3 Å². The summed E-state index contributed by atoms with van der Waals surface area (Å²) < 4.78 is 46.7. The second kappa shape index (κ2) is 9.56. The minimum atomic E-state index is -4.23. The van der Waals surface area contributed by atoms with Crippen LogP contribution in [0.15, 0.2) is 24.0 Å². The van der Waals surface area contributed by atoms with Crippen molar-refractivity contribution in [3.8, 4) is 0 Å². The van der Waals surface area contributed by atoms with Crippen molar-refractivity contribution in [3.05, 3.63) is 24.0 Å². The summed E-state index contributed by atoms with van der Waals surface area (Å²) in [6, 6.07) is 0. The zero-order chi connectivity index (χ0) is 12.5. The monoisotopic (exact) mass is 272 g/mol. The Bertz CT molecular complexity index is 340. The molecule has 0 aromatic carbocycles. The van der Waals surface area contributed by atoms with Gasteiger partial charge in [-0.3, -0.25) is 0 Å². The van der Waals surface area contributed by atoms with Crippen LogP contribution >= 0.6 is 0 Å². The highest BCUT2D eigenvalue weighted by molar-refractivity contribution is 8.69. The predicted octanol–water partition coefficient (Wildman–Crippen LogP) is 1.70. The predicted molar refractivity (Wildman–Crippen MR) is 67.1 cm³/mol. The summed E-state index contributed by atoms with van der Waals surface area (Å²) >= 11 is 0. The average Bonchev–Trinajstić information content (AvgIpc) is 2.19. The second-order valence-corrected chi connectivity index (χ2v) is 7.53. The highest BCUT2D eigenvalue weighted by Crippen LogP contribution is 2.04. The van der Waals surface area contributed by atoms with Crippen molar-refractivity contribution in [3.63, 3.8) is 0 Å². The summed E-state index contributed by atoms with van der Waals surface area (Å²) in [6.45, 7) is 11.3. The van der Waals surface area contributed by atoms with Gasteiger partial charge < -0.3 is 4.74 Å². The number of rotatable bonds is 5. The van der Waals surface area contributed by atoms with Gasteiger partial charge in [-0.15, -0.1) is 0 Å². The molecule has 0 amide bonds. The average molecular weight is 272 g/mol. The Morgan fingerprint density at radius 3 is 1.25 bits per heavy atom. The van der Waals surface area contributed by atoms with E-state index >= 15 is 0 Å². The van der Waals surface area contributed by atoms with Crippen molar-refractivity contribution in [1.82, 2.24) is 0 Å². The molecule has 0 aliphatic carbocycles. The Hall–Kier alpha value is -0.660. The third-order valence-electron chi connectivity index (χ3n) is 1.14. The molecule has 0 fully saturated rings. The van der Waals surface area contributed by atoms with Gasteiger partial charge in [0.25, 0.3) is 17.7 Å². The SMILES string of the molecule is C.C=CS(=O)(=O)S(=O)(=O)C=C.CCOCC. The Morgan fingerprint density at radius 1 is 0.938 bits per heavy atom. The lowest BCUT2D eigenvalue weighted by Gasteiger charge is -1.91. The van der Waals surface area contributed by atoms with Crippen LogP contribution < -0.4 is 0 Å². The van der Waals surface area contributed by atoms with Gasteiger partial charge >= 0.3 is 0 Å². The van der Waals surface area contributed by atoms with Crippen LogP contribution in [-0.4, -0.2) is 30.0 Å². The number of hydrogen-bond acceptors (Lipinski definition) is 5. The zero-order valence-electron chi connectivity index (χ0n) is 8.84. The van der Waals surface area contributed by atoms with E-state index in [4.69, 9.17) is 4.74 Å². The quantitative estimate of drug-likeness (QED) is 0.712. The van der Waals surface area contributed by atoms with E-state index in [-0.39, 0.29) is 7.43 Å². The minimum absolute atomic E-state index is 0. The highest BCUT2D eigenvalue weighted by atomic mass is 33.2. The lowest BCUT2D eigenvalue weighted by atomic mass is 10.8. The molecule has 0 rings (SSSR count). The van der Waals surface area contributed by atoms with Gasteiger partial charge in [-0.25, -0.2) is 16.8 Å². The van der Waals surface area contributed by atoms with Crippen LogP contribution in [0.5, 0.6) is 0 Å². The van der Waals surface area contributed by atoms with Gasteiger partial charge in [0.1, 0.15) is 0 Å². The van der Waals surface area contributed by atoms with Crippen LogP contribution in [0.1, 0.15) is 21.3 Å². The number of ether oxygens (including phenoxy) is 1. The van der Waals surface area contributed by atoms with Gasteiger partial charge in [-0.05, 0) is 13.8 Å². The van der Waals surface area contributed by atoms with Crippen molar-refractivity contribution in [2.24, 2.45) is 0 Å². The molecule has 0 saturated carbocycles. The topological polar surface area (TPSA) is 77.5 Å². The first-order valence-corrected chi connectivity index (χ1v) is 7.72. The van der Waals surface area contributed by atoms with E-state index < -0.39 is 17.7 Å². The Balaban J connectivity index is -0.000000242. The molecule has 0 atom stereocenters. The molecule has 0 aliphatic heterocycles. The summed E-state index contributed by atoms with van der Waals surface area (Å²) in [5.74, 6) is 0. The highest BCUT2D eigenvalue weighted by Gasteiger charge is 2.21. The normalized spacial score (nSPS) is 10.4. The van der Waals surface area contributed by atoms with Gasteiger partial charge in [0.05, 0.1) is 0 Å². The van der Waals surface area contributed by atoms with Gasteiger partial charge in [0.2, 0.25) is 0 Å². The molecule has 0 radical (unpaired) electrons. The molecule has 0 saturated heterocycles. The fourth-order valence-corrected chi connectivity index (χ4v) is 1.91. The van der Waals surface area contributed by atoms with E-state index in [0.29, 0.717) is 10.8 Å². The molecule has 5 nitrogen and oxygen atoms in total. The maximum absolute atomic E-state index is 10.5. The van der Waals surface area contributed by atoms with Gasteiger partial charge in [-0.1, -0.05) is 20.6 Å². The van der Waals surface area contributed by atoms with E-state index in [0.717, 1.165) is 13.2 Å². The van der Waals surface area contributed by atoms with Crippen LogP contribution in [-0.2, 0) is 22.5 Å². The molecule has 0 N–H and O–H groups in total. The van der Waals surface area contributed by atoms with Gasteiger partial charge in [-0.2, -0.15) is 0 Å². The van der Waals surface area contributed by atoms with Crippen molar-refractivity contribution >= 4 is 17.7 Å². The summed E-state index contributed by atoms with van der Waals surface area (Å²) in [5.41, 5.74) is 0. The Labute approximate surface area is 98.1 Å². The standard InChI is InChI=1S/C4H6O4S2.C4H10O.CH4/c1-3-9(5,6)10(7,8)4-2;1-3-5-4-2;/h3-4H,1-2H2;3-4H2,1-2H3;1H4. The lowest BCUT2D eigenvalue weighted by molar-refractivity contribution is 0.162. The third-order valence-corrected chi connectivity index (χ3v) is 5.36. The van der Waals surface area contributed by atoms with E-state index in [2.05, 4.69) is 13.2 Å². The molecule has 98 valence electrons. The molecule has 16 heavy (non-hydrogen) atoms. The first kappa shape index (κ1) is 20.7. The van der Waals surface area contributed by atoms with Crippen molar-refractivity contribution < 1.29 is 21.6 Å². The summed E-state index contributed by atoms with van der Waals surface area (Å²) in [4.78, 5) is 0. The third kappa shape index (κ3) is 7.61. The van der Waals surface area contributed by atoms with E-state index in [1.165, 1.54) is 0 Å². The maximum Gasteiger partial charge on any atom is 0.278 e. The zero-order valence-corrected chi connectivity index (χ0v) is 10.5. The molecule has 0 aromatic heterocycles. The lowest BCUT2D eigenvalue weighted by Crippen LogP contribution is -2.07. The summed E-state index contributed by atoms with van der Waals surface area (Å²) in [6.07, 6.45) is 0. The molecule has 0 bridgehead atoms. The van der Waals surface area contributed by atoms with Crippen LogP contribution in [0.4, 0.5) is 0 Å². The van der Waals surface area contributed by atoms with Gasteiger partial charge in [0, 0.05) is 24.0 Å². The van der Waals surface area contributed by atoms with Crippen LogP contribution in [0.3, 0.4) is 0 Å². The van der Waals surface area contributed by atoms with Crippen LogP contribution in [0, 0.1) is 0 Å². The van der Waals surface area contributed by atoms with E-state index in [1.807, 2.05) is 13.8 Å². The van der Waals surface area contributed by atoms with E-state index in [1.54, 1.807) is 0 Å². The smallest absolute Gasteiger partial charge is 0.278 e. The molecule has 0 spiro atoms. The Kier molecular flexibility index (Phi) is 12.4.